The van der Waals surface area contributed by atoms with E-state index < -0.39 is 15.4 Å². The molecular weight excluding hydrogens is 410 g/mol. The van der Waals surface area contributed by atoms with Gasteiger partial charge in [0.15, 0.2) is 0 Å². The van der Waals surface area contributed by atoms with Gasteiger partial charge in [-0.15, -0.1) is 4.40 Å². The van der Waals surface area contributed by atoms with Crippen LogP contribution in [0, 0.1) is 5.41 Å². The second-order valence-corrected chi connectivity index (χ2v) is 10.4. The van der Waals surface area contributed by atoms with E-state index in [0.717, 1.165) is 6.42 Å². The Balaban J connectivity index is 1.40. The largest absolute Gasteiger partial charge is 0.342 e. The molecule has 2 heterocycles. The van der Waals surface area contributed by atoms with Gasteiger partial charge in [0.05, 0.1) is 5.69 Å². The number of nitrogens with one attached hydrogen (secondary N) is 1. The minimum Gasteiger partial charge on any atom is -0.342 e. The van der Waals surface area contributed by atoms with Gasteiger partial charge in [-0.05, 0) is 35.1 Å². The van der Waals surface area contributed by atoms with Crippen LogP contribution in [-0.2, 0) is 14.8 Å². The zero-order valence-electron chi connectivity index (χ0n) is 17.8. The van der Waals surface area contributed by atoms with Crippen LogP contribution >= 0.6 is 0 Å². The van der Waals surface area contributed by atoms with Crippen LogP contribution in [0.15, 0.2) is 70.0 Å². The van der Waals surface area contributed by atoms with Crippen LogP contribution in [0.1, 0.15) is 38.7 Å². The minimum absolute atomic E-state index is 0.0769. The van der Waals surface area contributed by atoms with Crippen LogP contribution in [0.5, 0.6) is 0 Å². The number of carbonyl (C=O) groups excluding carboxylic acids is 1. The number of nitrogens with zero attached hydrogens (tertiary/aromatic N) is 2. The summed E-state index contributed by atoms with van der Waals surface area (Å²) in [5, 5.41) is 3.12. The summed E-state index contributed by atoms with van der Waals surface area (Å²) < 4.78 is 28.9. The molecule has 0 saturated carbocycles. The van der Waals surface area contributed by atoms with Crippen LogP contribution in [-0.4, -0.2) is 38.2 Å². The first-order valence-corrected chi connectivity index (χ1v) is 11.9. The fourth-order valence-corrected chi connectivity index (χ4v) is 5.24. The Kier molecular flexibility index (Phi) is 5.71. The number of anilines is 1. The molecule has 2 aromatic carbocycles. The van der Waals surface area contributed by atoms with Crippen molar-refractivity contribution in [2.75, 3.05) is 18.4 Å². The first-order chi connectivity index (χ1) is 14.7. The maximum Gasteiger partial charge on any atom is 0.286 e. The topological polar surface area (TPSA) is 78.8 Å². The van der Waals surface area contributed by atoms with Crippen molar-refractivity contribution in [2.24, 2.45) is 9.81 Å². The summed E-state index contributed by atoms with van der Waals surface area (Å²) in [5.41, 5.74) is 2.57. The van der Waals surface area contributed by atoms with Gasteiger partial charge in [-0.3, -0.25) is 4.79 Å². The molecule has 0 aromatic heterocycles. The maximum atomic E-state index is 12.9. The molecule has 31 heavy (non-hydrogen) atoms. The molecule has 6 nitrogen and oxygen atoms in total. The summed E-state index contributed by atoms with van der Waals surface area (Å²) in [5.74, 6) is 0.453. The van der Waals surface area contributed by atoms with Crippen molar-refractivity contribution in [1.82, 2.24) is 4.90 Å². The number of rotatable bonds is 5. The predicted octanol–water partition coefficient (Wildman–Crippen LogP) is 4.32. The Bertz CT molecular complexity index is 1150. The maximum absolute atomic E-state index is 12.9. The van der Waals surface area contributed by atoms with Crippen LogP contribution < -0.4 is 5.32 Å². The second kappa shape index (κ2) is 8.30. The predicted molar refractivity (Wildman–Crippen MR) is 123 cm³/mol. The number of amides is 1. The Morgan fingerprint density at radius 2 is 1.81 bits per heavy atom. The van der Waals surface area contributed by atoms with Gasteiger partial charge in [-0.2, -0.15) is 8.42 Å². The molecule has 0 spiro atoms. The average molecular weight is 438 g/mol. The van der Waals surface area contributed by atoms with Crippen molar-refractivity contribution in [2.45, 2.75) is 38.0 Å². The molecule has 0 unspecified atom stereocenters. The number of para-hydroxylation sites is 1. The lowest BCUT2D eigenvalue weighted by atomic mass is 9.84. The van der Waals surface area contributed by atoms with E-state index in [0.29, 0.717) is 37.5 Å². The third kappa shape index (κ3) is 4.88. The summed E-state index contributed by atoms with van der Waals surface area (Å²) in [7, 11) is -3.72. The van der Waals surface area contributed by atoms with E-state index in [2.05, 4.69) is 27.9 Å². The highest BCUT2D eigenvalue weighted by molar-refractivity contribution is 7.90. The molecule has 4 rings (SSSR count). The lowest BCUT2D eigenvalue weighted by molar-refractivity contribution is -0.132. The number of hydrogen-bond acceptors (Lipinski definition) is 4. The first kappa shape index (κ1) is 21.3. The third-order valence-corrected chi connectivity index (χ3v) is 7.03. The fraction of sp³-hybridized carbons (Fsp3) is 0.333. The van der Waals surface area contributed by atoms with E-state index in [1.165, 1.54) is 11.1 Å². The Labute approximate surface area is 183 Å². The number of fused-ring (bicyclic) bond motifs is 1. The SMILES string of the molecule is CC(C)(CC(=O)N1CC=C(c2ccccc2)CC1)CC1=NS(=O)(=O)c2ccccc2N1. The Morgan fingerprint density at radius 3 is 2.52 bits per heavy atom. The van der Waals surface area contributed by atoms with Gasteiger partial charge in [-0.25, -0.2) is 0 Å². The molecule has 7 heteroatoms. The lowest BCUT2D eigenvalue weighted by Gasteiger charge is -2.32. The second-order valence-electron chi connectivity index (χ2n) is 8.84. The van der Waals surface area contributed by atoms with Gasteiger partial charge >= 0.3 is 0 Å². The highest BCUT2D eigenvalue weighted by Crippen LogP contribution is 2.33. The molecule has 0 saturated heterocycles. The lowest BCUT2D eigenvalue weighted by Crippen LogP contribution is -2.38. The zero-order valence-corrected chi connectivity index (χ0v) is 18.7. The summed E-state index contributed by atoms with van der Waals surface area (Å²) in [6.07, 6.45) is 3.65. The molecule has 162 valence electrons. The van der Waals surface area contributed by atoms with Crippen LogP contribution in [0.2, 0.25) is 0 Å². The molecule has 0 fully saturated rings. The standard InChI is InChI=1S/C24H27N3O3S/c1-24(2,16-22-25-20-10-6-7-11-21(20)31(29,30)26-22)17-23(28)27-14-12-19(13-15-27)18-8-4-3-5-9-18/h3-12H,13-17H2,1-2H3,(H,25,26). The molecule has 2 aliphatic heterocycles. The van der Waals surface area contributed by atoms with Crippen molar-refractivity contribution >= 4 is 33.0 Å². The van der Waals surface area contributed by atoms with Crippen LogP contribution in [0.4, 0.5) is 5.69 Å². The van der Waals surface area contributed by atoms with Crippen molar-refractivity contribution in [3.8, 4) is 0 Å². The molecule has 2 aliphatic rings. The average Bonchev–Trinajstić information content (AvgIpc) is 2.73. The van der Waals surface area contributed by atoms with Crippen molar-refractivity contribution in [1.29, 1.82) is 0 Å². The van der Waals surface area contributed by atoms with E-state index in [-0.39, 0.29) is 10.8 Å². The van der Waals surface area contributed by atoms with Crippen molar-refractivity contribution < 1.29 is 13.2 Å². The van der Waals surface area contributed by atoms with Crippen molar-refractivity contribution in [3.05, 3.63) is 66.2 Å². The molecular formula is C24H27N3O3S. The number of amidine groups is 1. The van der Waals surface area contributed by atoms with E-state index in [1.54, 1.807) is 24.3 Å². The molecule has 1 N–H and O–H groups in total. The zero-order chi connectivity index (χ0) is 22.1. The van der Waals surface area contributed by atoms with E-state index in [4.69, 9.17) is 0 Å². The quantitative estimate of drug-likeness (QED) is 0.756. The summed E-state index contributed by atoms with van der Waals surface area (Å²) >= 11 is 0. The molecule has 2 aromatic rings. The van der Waals surface area contributed by atoms with Crippen molar-refractivity contribution in [3.63, 3.8) is 0 Å². The molecule has 0 atom stereocenters. The fourth-order valence-electron chi connectivity index (χ4n) is 4.09. The summed E-state index contributed by atoms with van der Waals surface area (Å²) in [4.78, 5) is 15.0. The number of benzene rings is 2. The smallest absolute Gasteiger partial charge is 0.286 e. The molecule has 0 bridgehead atoms. The van der Waals surface area contributed by atoms with Gasteiger partial charge in [0.25, 0.3) is 10.0 Å². The Hall–Kier alpha value is -2.93. The summed E-state index contributed by atoms with van der Waals surface area (Å²) in [6, 6.07) is 17.0. The van der Waals surface area contributed by atoms with Gasteiger partial charge in [0.2, 0.25) is 5.91 Å². The number of hydrogen-bond donors (Lipinski definition) is 1. The van der Waals surface area contributed by atoms with Gasteiger partial charge < -0.3 is 10.2 Å². The van der Waals surface area contributed by atoms with Crippen LogP contribution in [0.25, 0.3) is 5.57 Å². The van der Waals surface area contributed by atoms with Gasteiger partial charge in [0, 0.05) is 25.9 Å². The van der Waals surface area contributed by atoms with Gasteiger partial charge in [0.1, 0.15) is 10.7 Å². The van der Waals surface area contributed by atoms with Crippen LogP contribution in [0.3, 0.4) is 0 Å². The highest BCUT2D eigenvalue weighted by atomic mass is 32.2. The minimum atomic E-state index is -3.72. The van der Waals surface area contributed by atoms with E-state index in [1.807, 2.05) is 36.9 Å². The normalized spacial score (nSPS) is 17.8. The first-order valence-electron chi connectivity index (χ1n) is 10.5. The van der Waals surface area contributed by atoms with E-state index >= 15 is 0 Å². The Morgan fingerprint density at radius 1 is 1.10 bits per heavy atom. The number of sulfonamides is 1. The molecule has 0 aliphatic carbocycles. The summed E-state index contributed by atoms with van der Waals surface area (Å²) in [6.45, 7) is 5.23. The molecule has 0 radical (unpaired) electrons. The molecule has 1 amide bonds. The number of carbonyl (C=O) groups is 1. The van der Waals surface area contributed by atoms with Gasteiger partial charge in [-0.1, -0.05) is 62.4 Å². The third-order valence-electron chi connectivity index (χ3n) is 5.66. The monoisotopic (exact) mass is 437 g/mol. The van der Waals surface area contributed by atoms with E-state index in [9.17, 15) is 13.2 Å². The highest BCUT2D eigenvalue weighted by Gasteiger charge is 2.31.